The zero-order valence-electron chi connectivity index (χ0n) is 16.3. The number of ether oxygens (including phenoxy) is 3. The number of benzene rings is 2. The number of hydrogen-bond acceptors (Lipinski definition) is 4. The molecule has 0 aliphatic heterocycles. The molecule has 1 N–H and O–H groups in total. The predicted octanol–water partition coefficient (Wildman–Crippen LogP) is 4.52. The number of rotatable bonds is 12. The van der Waals surface area contributed by atoms with Crippen molar-refractivity contribution < 1.29 is 19.3 Å². The Morgan fingerprint density at radius 2 is 1.70 bits per heavy atom. The van der Waals surface area contributed by atoms with Gasteiger partial charge in [-0.3, -0.25) is 0 Å². The number of aliphatic hydroxyl groups is 1. The molecule has 0 aromatic heterocycles. The quantitative estimate of drug-likeness (QED) is 0.441. The van der Waals surface area contributed by atoms with Crippen molar-refractivity contribution >= 4 is 0 Å². The molecular formula is C23H30O4. The van der Waals surface area contributed by atoms with Gasteiger partial charge in [-0.1, -0.05) is 54.1 Å². The van der Waals surface area contributed by atoms with E-state index in [1.54, 1.807) is 7.11 Å². The second-order valence-corrected chi connectivity index (χ2v) is 6.55. The maximum atomic E-state index is 9.20. The van der Waals surface area contributed by atoms with Crippen LogP contribution in [0.1, 0.15) is 30.9 Å². The van der Waals surface area contributed by atoms with Crippen molar-refractivity contribution in [1.29, 1.82) is 0 Å². The van der Waals surface area contributed by atoms with Crippen molar-refractivity contribution in [3.63, 3.8) is 0 Å². The lowest BCUT2D eigenvalue weighted by Gasteiger charge is -2.17. The van der Waals surface area contributed by atoms with Crippen LogP contribution in [0.15, 0.2) is 66.2 Å². The fourth-order valence-corrected chi connectivity index (χ4v) is 2.58. The van der Waals surface area contributed by atoms with Crippen LogP contribution in [-0.2, 0) is 22.7 Å². The number of hydrogen-bond donors (Lipinski definition) is 1. The van der Waals surface area contributed by atoms with Crippen LogP contribution in [0.4, 0.5) is 0 Å². The minimum absolute atomic E-state index is 0.0457. The standard InChI is InChI=1S/C23H30O4/c1-19(16-24)8-11-23(14-15-26-17-20-6-4-3-5-7-20)27-18-21-9-12-22(25-2)13-10-21/h3-10,12-13,23-24H,11,14-18H2,1-2H3/b19-8-/t23-/m1/s1. The topological polar surface area (TPSA) is 47.9 Å². The first-order valence-electron chi connectivity index (χ1n) is 9.34. The van der Waals surface area contributed by atoms with Gasteiger partial charge in [0.1, 0.15) is 5.75 Å². The molecule has 0 unspecified atom stereocenters. The molecule has 0 fully saturated rings. The second-order valence-electron chi connectivity index (χ2n) is 6.55. The molecule has 0 saturated carbocycles. The highest BCUT2D eigenvalue weighted by atomic mass is 16.5. The van der Waals surface area contributed by atoms with Gasteiger partial charge in [-0.2, -0.15) is 0 Å². The first kappa shape index (κ1) is 21.2. The SMILES string of the molecule is COc1ccc(CO[C@H](C/C=C(/C)CO)CCOCc2ccccc2)cc1. The van der Waals surface area contributed by atoms with Crippen LogP contribution in [0.2, 0.25) is 0 Å². The van der Waals surface area contributed by atoms with Crippen LogP contribution < -0.4 is 4.74 Å². The predicted molar refractivity (Wildman–Crippen MR) is 108 cm³/mol. The highest BCUT2D eigenvalue weighted by Crippen LogP contribution is 2.15. The van der Waals surface area contributed by atoms with Gasteiger partial charge in [0.25, 0.3) is 0 Å². The zero-order chi connectivity index (χ0) is 19.3. The van der Waals surface area contributed by atoms with E-state index in [2.05, 4.69) is 12.1 Å². The van der Waals surface area contributed by atoms with E-state index in [1.807, 2.05) is 55.5 Å². The largest absolute Gasteiger partial charge is 0.497 e. The summed E-state index contributed by atoms with van der Waals surface area (Å²) in [6.07, 6.45) is 3.65. The van der Waals surface area contributed by atoms with Gasteiger partial charge in [0, 0.05) is 6.61 Å². The first-order valence-corrected chi connectivity index (χ1v) is 9.34. The van der Waals surface area contributed by atoms with Gasteiger partial charge >= 0.3 is 0 Å². The summed E-state index contributed by atoms with van der Waals surface area (Å²) >= 11 is 0. The first-order chi connectivity index (χ1) is 13.2. The van der Waals surface area contributed by atoms with Crippen molar-refractivity contribution in [2.45, 2.75) is 39.1 Å². The summed E-state index contributed by atoms with van der Waals surface area (Å²) in [5, 5.41) is 9.20. The molecule has 0 amide bonds. The second kappa shape index (κ2) is 12.3. The lowest BCUT2D eigenvalue weighted by Crippen LogP contribution is -2.15. The van der Waals surface area contributed by atoms with Crippen LogP contribution in [0.5, 0.6) is 5.75 Å². The molecule has 4 heteroatoms. The summed E-state index contributed by atoms with van der Waals surface area (Å²) in [6.45, 7) is 3.78. The molecule has 2 aromatic rings. The third-order valence-electron chi connectivity index (χ3n) is 4.32. The number of aliphatic hydroxyl groups excluding tert-OH is 1. The molecule has 146 valence electrons. The Balaban J connectivity index is 1.81. The fourth-order valence-electron chi connectivity index (χ4n) is 2.58. The van der Waals surface area contributed by atoms with Gasteiger partial charge in [0.15, 0.2) is 0 Å². The molecular weight excluding hydrogens is 340 g/mol. The van der Waals surface area contributed by atoms with Gasteiger partial charge in [0.05, 0.1) is 33.0 Å². The van der Waals surface area contributed by atoms with E-state index in [1.165, 1.54) is 5.56 Å². The average molecular weight is 370 g/mol. The molecule has 0 bridgehead atoms. The van der Waals surface area contributed by atoms with E-state index in [0.29, 0.717) is 19.8 Å². The highest BCUT2D eigenvalue weighted by molar-refractivity contribution is 5.26. The van der Waals surface area contributed by atoms with Gasteiger partial charge in [-0.15, -0.1) is 0 Å². The van der Waals surface area contributed by atoms with E-state index in [4.69, 9.17) is 14.2 Å². The Morgan fingerprint density at radius 1 is 1.00 bits per heavy atom. The lowest BCUT2D eigenvalue weighted by molar-refractivity contribution is 0.0103. The van der Waals surface area contributed by atoms with Gasteiger partial charge in [-0.05, 0) is 43.0 Å². The smallest absolute Gasteiger partial charge is 0.118 e. The maximum absolute atomic E-state index is 9.20. The minimum Gasteiger partial charge on any atom is -0.497 e. The Labute approximate surface area is 162 Å². The van der Waals surface area contributed by atoms with Crippen LogP contribution in [0.3, 0.4) is 0 Å². The van der Waals surface area contributed by atoms with Crippen molar-refractivity contribution in [2.75, 3.05) is 20.3 Å². The summed E-state index contributed by atoms with van der Waals surface area (Å²) in [5.41, 5.74) is 3.23. The molecule has 0 heterocycles. The van der Waals surface area contributed by atoms with Crippen molar-refractivity contribution in [1.82, 2.24) is 0 Å². The van der Waals surface area contributed by atoms with E-state index in [9.17, 15) is 5.11 Å². The molecule has 0 aliphatic rings. The minimum atomic E-state index is 0.0457. The summed E-state index contributed by atoms with van der Waals surface area (Å²) in [6, 6.07) is 18.1. The monoisotopic (exact) mass is 370 g/mol. The van der Waals surface area contributed by atoms with Crippen molar-refractivity contribution in [3.8, 4) is 5.75 Å². The molecule has 27 heavy (non-hydrogen) atoms. The summed E-state index contributed by atoms with van der Waals surface area (Å²) < 4.78 is 17.1. The third kappa shape index (κ3) is 8.39. The van der Waals surface area contributed by atoms with Crippen LogP contribution in [-0.4, -0.2) is 31.5 Å². The molecule has 0 radical (unpaired) electrons. The summed E-state index contributed by atoms with van der Waals surface area (Å²) in [5.74, 6) is 0.839. The zero-order valence-corrected chi connectivity index (χ0v) is 16.3. The molecule has 2 rings (SSSR count). The Hall–Kier alpha value is -2.14. The Morgan fingerprint density at radius 3 is 2.37 bits per heavy atom. The third-order valence-corrected chi connectivity index (χ3v) is 4.32. The van der Waals surface area contributed by atoms with Crippen LogP contribution >= 0.6 is 0 Å². The maximum Gasteiger partial charge on any atom is 0.118 e. The molecule has 0 saturated heterocycles. The Bertz CT molecular complexity index is 665. The fraction of sp³-hybridized carbons (Fsp3) is 0.391. The highest BCUT2D eigenvalue weighted by Gasteiger charge is 2.09. The van der Waals surface area contributed by atoms with Crippen LogP contribution in [0, 0.1) is 0 Å². The summed E-state index contributed by atoms with van der Waals surface area (Å²) in [4.78, 5) is 0. The van der Waals surface area contributed by atoms with E-state index in [-0.39, 0.29) is 12.7 Å². The average Bonchev–Trinajstić information content (AvgIpc) is 2.73. The van der Waals surface area contributed by atoms with E-state index >= 15 is 0 Å². The molecule has 0 aliphatic carbocycles. The lowest BCUT2D eigenvalue weighted by atomic mass is 10.1. The van der Waals surface area contributed by atoms with Gasteiger partial charge in [-0.25, -0.2) is 0 Å². The van der Waals surface area contributed by atoms with Crippen molar-refractivity contribution in [2.24, 2.45) is 0 Å². The van der Waals surface area contributed by atoms with Gasteiger partial charge < -0.3 is 19.3 Å². The molecule has 2 aromatic carbocycles. The van der Waals surface area contributed by atoms with Crippen LogP contribution in [0.25, 0.3) is 0 Å². The van der Waals surface area contributed by atoms with Gasteiger partial charge in [0.2, 0.25) is 0 Å². The molecule has 1 atom stereocenters. The van der Waals surface area contributed by atoms with E-state index < -0.39 is 0 Å². The van der Waals surface area contributed by atoms with Crippen molar-refractivity contribution in [3.05, 3.63) is 77.4 Å². The molecule has 4 nitrogen and oxygen atoms in total. The number of methoxy groups -OCH3 is 1. The van der Waals surface area contributed by atoms with E-state index in [0.717, 1.165) is 29.7 Å². The normalized spacial score (nSPS) is 12.8. The Kier molecular flexibility index (Phi) is 9.63. The summed E-state index contributed by atoms with van der Waals surface area (Å²) in [7, 11) is 1.66. The molecule has 0 spiro atoms.